The predicted octanol–water partition coefficient (Wildman–Crippen LogP) is 0.266. The summed E-state index contributed by atoms with van der Waals surface area (Å²) in [7, 11) is 0. The molecule has 7 heteroatoms. The molecule has 6 rings (SSSR count). The summed E-state index contributed by atoms with van der Waals surface area (Å²) in [4.78, 5) is 2.45. The maximum atomic E-state index is 6.60. The van der Waals surface area contributed by atoms with Crippen molar-refractivity contribution in [3.05, 3.63) is 102 Å². The van der Waals surface area contributed by atoms with Crippen LogP contribution < -0.4 is 21.4 Å². The van der Waals surface area contributed by atoms with E-state index in [0.29, 0.717) is 13.2 Å². The van der Waals surface area contributed by atoms with E-state index < -0.39 is 0 Å². The number of likely N-dealkylation sites (tertiary alicyclic amines) is 1. The van der Waals surface area contributed by atoms with Crippen molar-refractivity contribution in [3.8, 4) is 0 Å². The molecule has 0 amide bonds. The van der Waals surface area contributed by atoms with E-state index in [9.17, 15) is 0 Å². The summed E-state index contributed by atoms with van der Waals surface area (Å²) in [5.74, 6) is 0. The summed E-state index contributed by atoms with van der Waals surface area (Å²) in [6, 6.07) is 28.9. The fourth-order valence-electron chi connectivity index (χ4n) is 5.15. The van der Waals surface area contributed by atoms with Crippen LogP contribution in [-0.4, -0.2) is 58.4 Å². The van der Waals surface area contributed by atoms with Crippen LogP contribution in [0.3, 0.4) is 0 Å². The van der Waals surface area contributed by atoms with Crippen LogP contribution in [0.5, 0.6) is 0 Å². The number of hydrogen-bond acceptors (Lipinski definition) is 5. The summed E-state index contributed by atoms with van der Waals surface area (Å²) < 4.78 is 26.8. The second-order valence-corrected chi connectivity index (χ2v) is 9.69. The molecule has 0 aliphatic carbocycles. The van der Waals surface area contributed by atoms with Crippen LogP contribution in [0, 0.1) is 0 Å². The van der Waals surface area contributed by atoms with Gasteiger partial charge < -0.3 is 17.0 Å². The Morgan fingerprint density at radius 3 is 1.65 bits per heavy atom. The molecule has 0 bridgehead atoms. The molecule has 2 radical (unpaired) electrons. The molecule has 5 nitrogen and oxygen atoms in total. The van der Waals surface area contributed by atoms with Crippen LogP contribution in [0.25, 0.3) is 0 Å². The van der Waals surface area contributed by atoms with Crippen LogP contribution in [0.4, 0.5) is 0 Å². The van der Waals surface area contributed by atoms with Crippen molar-refractivity contribution in [1.29, 1.82) is 0 Å². The van der Waals surface area contributed by atoms with Gasteiger partial charge in [0, 0.05) is 0 Å². The fourth-order valence-corrected chi connectivity index (χ4v) is 5.59. The summed E-state index contributed by atoms with van der Waals surface area (Å²) in [6.45, 7) is 1.97. The van der Waals surface area contributed by atoms with Crippen LogP contribution in [-0.2, 0) is 25.5 Å². The minimum absolute atomic E-state index is 0. The molecule has 3 aromatic rings. The van der Waals surface area contributed by atoms with E-state index >= 15 is 0 Å². The topological polar surface area (TPSA) is 40.2 Å². The van der Waals surface area contributed by atoms with Crippen molar-refractivity contribution in [3.63, 3.8) is 0 Å². The zero-order chi connectivity index (χ0) is 22.2. The molecule has 3 heterocycles. The third kappa shape index (κ3) is 4.64. The van der Waals surface area contributed by atoms with Gasteiger partial charge in [0.15, 0.2) is 0 Å². The van der Waals surface area contributed by atoms with E-state index in [1.54, 1.807) is 0 Å². The Balaban J connectivity index is 0.00000241. The molecule has 6 atom stereocenters. The van der Waals surface area contributed by atoms with E-state index in [-0.39, 0.29) is 53.9 Å². The van der Waals surface area contributed by atoms with Crippen molar-refractivity contribution in [2.24, 2.45) is 0 Å². The van der Waals surface area contributed by atoms with Gasteiger partial charge in [-0.2, -0.15) is 0 Å². The second-order valence-electron chi connectivity index (χ2n) is 8.77. The van der Waals surface area contributed by atoms with E-state index in [1.807, 2.05) is 36.4 Å². The van der Waals surface area contributed by atoms with Gasteiger partial charge in [0.2, 0.25) is 0 Å². The quantitative estimate of drug-likeness (QED) is 0.411. The van der Waals surface area contributed by atoms with Gasteiger partial charge in [0.25, 0.3) is 0 Å². The number of hydrogen-bond donors (Lipinski definition) is 0. The van der Waals surface area contributed by atoms with E-state index in [0.717, 1.165) is 22.1 Å². The monoisotopic (exact) mass is 587 g/mol. The first-order valence-corrected chi connectivity index (χ1v) is 12.3. The number of benzene rings is 3. The minimum atomic E-state index is -0.388. The predicted molar refractivity (Wildman–Crippen MR) is 125 cm³/mol. The van der Waals surface area contributed by atoms with Crippen molar-refractivity contribution in [2.75, 3.05) is 13.2 Å². The molecule has 3 aliphatic heterocycles. The Labute approximate surface area is 218 Å². The van der Waals surface area contributed by atoms with Gasteiger partial charge in [0.1, 0.15) is 0 Å². The Bertz CT molecular complexity index is 1020. The average molecular weight is 587 g/mol. The van der Waals surface area contributed by atoms with Crippen LogP contribution in [0.2, 0.25) is 0 Å². The van der Waals surface area contributed by atoms with Crippen LogP contribution in [0.15, 0.2) is 84.9 Å². The Morgan fingerprint density at radius 1 is 0.676 bits per heavy atom. The number of halogens is 1. The first-order chi connectivity index (χ1) is 16.3. The molecule has 176 valence electrons. The van der Waals surface area contributed by atoms with E-state index in [2.05, 4.69) is 69.4 Å². The second kappa shape index (κ2) is 10.6. The average Bonchev–Trinajstić information content (AvgIpc) is 3.18. The standard InChI is InChI=1S/C27H26NO4Se.BrH/c33-23-14-8-7-13-20(23)15-28-21-16-29-26(18-9-3-1-4-10-18)31-24(21)25-22(28)17-30-27(32-25)19-11-5-2-6-12-19;/h1-14,21-22,24-27H,15-17H2;1H/q+1;/p-1/t21-,22-,24+,25+,26?,27?;/m0./s1. The molecule has 34 heavy (non-hydrogen) atoms. The van der Waals surface area contributed by atoms with Gasteiger partial charge in [-0.25, -0.2) is 0 Å². The molecule has 0 aromatic heterocycles. The van der Waals surface area contributed by atoms with Crippen LogP contribution >= 0.6 is 0 Å². The molecule has 0 saturated carbocycles. The number of rotatable bonds is 4. The van der Waals surface area contributed by atoms with E-state index in [1.165, 1.54) is 5.56 Å². The third-order valence-electron chi connectivity index (χ3n) is 6.80. The summed E-state index contributed by atoms with van der Waals surface area (Å²) in [6.07, 6.45) is -0.975. The summed E-state index contributed by atoms with van der Waals surface area (Å²) >= 11 is 3.19. The molecule has 3 saturated heterocycles. The normalized spacial score (nSPS) is 30.7. The molecule has 3 aliphatic rings. The maximum absolute atomic E-state index is 6.60. The Morgan fingerprint density at radius 2 is 1.15 bits per heavy atom. The van der Waals surface area contributed by atoms with Crippen molar-refractivity contribution in [2.45, 2.75) is 43.4 Å². The number of nitrogens with zero attached hydrogens (tertiary/aromatic N) is 1. The van der Waals surface area contributed by atoms with Gasteiger partial charge in [-0.1, -0.05) is 0 Å². The molecule has 3 fully saturated rings. The Hall–Kier alpha value is -1.54. The van der Waals surface area contributed by atoms with Gasteiger partial charge in [0.05, 0.1) is 0 Å². The SMILES string of the molecule is [Br-].[Se+]c1ccccc1CN1[C@H]2COC(c3ccccc3)O[C@H]2[C@@H]2OC(c3ccccc3)OC[C@@H]21. The van der Waals surface area contributed by atoms with Gasteiger partial charge in [-0.05, 0) is 0 Å². The number of fused-ring (bicyclic) bond motifs is 3. The molecule has 3 aromatic carbocycles. The first-order valence-electron chi connectivity index (χ1n) is 11.4. The van der Waals surface area contributed by atoms with Crippen molar-refractivity contribution >= 4 is 20.5 Å². The Kier molecular flexibility index (Phi) is 7.54. The molecular formula is C27H26BrNO4Se. The third-order valence-corrected chi connectivity index (χ3v) is 7.64. The van der Waals surface area contributed by atoms with Gasteiger partial charge in [-0.15, -0.1) is 0 Å². The zero-order valence-corrected chi connectivity index (χ0v) is 21.8. The van der Waals surface area contributed by atoms with Crippen molar-refractivity contribution < 1.29 is 35.9 Å². The summed E-state index contributed by atoms with van der Waals surface area (Å²) in [5, 5.41) is 0. The zero-order valence-electron chi connectivity index (χ0n) is 18.5. The number of ether oxygens (including phenoxy) is 4. The van der Waals surface area contributed by atoms with Crippen LogP contribution in [0.1, 0.15) is 29.3 Å². The summed E-state index contributed by atoms with van der Waals surface area (Å²) in [5.41, 5.74) is 3.32. The molecular weight excluding hydrogens is 561 g/mol. The van der Waals surface area contributed by atoms with Gasteiger partial charge in [-0.3, -0.25) is 0 Å². The first kappa shape index (κ1) is 24.2. The van der Waals surface area contributed by atoms with Crippen molar-refractivity contribution in [1.82, 2.24) is 4.90 Å². The van der Waals surface area contributed by atoms with E-state index in [4.69, 9.17) is 18.9 Å². The fraction of sp³-hybridized carbons (Fsp3) is 0.333. The molecule has 0 spiro atoms. The van der Waals surface area contributed by atoms with Gasteiger partial charge >= 0.3 is 203 Å². The molecule has 2 unspecified atom stereocenters. The molecule has 0 N–H and O–H groups in total.